The summed E-state index contributed by atoms with van der Waals surface area (Å²) in [4.78, 5) is 28.1. The molecule has 2 atom stereocenters. The molecule has 0 radical (unpaired) electrons. The zero-order valence-electron chi connectivity index (χ0n) is 18.7. The van der Waals surface area contributed by atoms with Crippen molar-refractivity contribution in [1.29, 1.82) is 0 Å². The molecule has 1 aliphatic rings. The summed E-state index contributed by atoms with van der Waals surface area (Å²) in [7, 11) is 0. The van der Waals surface area contributed by atoms with Crippen LogP contribution in [0.4, 0.5) is 5.69 Å². The minimum atomic E-state index is -1.06. The monoisotopic (exact) mass is 437 g/mol. The van der Waals surface area contributed by atoms with Gasteiger partial charge in [0.05, 0.1) is 25.7 Å². The minimum absolute atomic E-state index is 0.218. The van der Waals surface area contributed by atoms with Crippen molar-refractivity contribution in [2.24, 2.45) is 5.41 Å². The first-order chi connectivity index (χ1) is 15.2. The number of aliphatic hydroxyl groups is 1. The zero-order valence-corrected chi connectivity index (χ0v) is 18.7. The largest absolute Gasteiger partial charge is 0.481 e. The summed E-state index contributed by atoms with van der Waals surface area (Å²) in [6.45, 7) is 5.88. The Bertz CT molecular complexity index is 951. The second-order valence-electron chi connectivity index (χ2n) is 9.06. The number of nitrogens with zero attached hydrogens (tertiary/aromatic N) is 2. The highest BCUT2D eigenvalue weighted by Crippen LogP contribution is 2.26. The zero-order chi connectivity index (χ0) is 23.3. The molecular weight excluding hydrogens is 406 g/mol. The lowest BCUT2D eigenvalue weighted by Gasteiger charge is -2.33. The quantitative estimate of drug-likeness (QED) is 0.587. The second kappa shape index (κ2) is 9.87. The highest BCUT2D eigenvalue weighted by molar-refractivity contribution is 5.86. The lowest BCUT2D eigenvalue weighted by Crippen LogP contribution is -2.53. The van der Waals surface area contributed by atoms with E-state index < -0.39 is 24.0 Å². The first kappa shape index (κ1) is 23.3. The fraction of sp³-hybridized carbons (Fsp3) is 0.360. The van der Waals surface area contributed by atoms with E-state index in [1.165, 1.54) is 0 Å². The Balaban J connectivity index is 1.71. The van der Waals surface area contributed by atoms with Gasteiger partial charge in [-0.2, -0.15) is 0 Å². The van der Waals surface area contributed by atoms with Gasteiger partial charge in [0.1, 0.15) is 6.04 Å². The number of hydrogen-bond donors (Lipinski definition) is 3. The maximum atomic E-state index is 12.9. The number of carbonyl (C=O) groups excluding carboxylic acids is 1. The topological polar surface area (TPSA) is 93.1 Å². The molecule has 0 aliphatic carbocycles. The van der Waals surface area contributed by atoms with Gasteiger partial charge in [-0.25, -0.2) is 0 Å². The first-order valence-electron chi connectivity index (χ1n) is 10.7. The summed E-state index contributed by atoms with van der Waals surface area (Å²) in [6, 6.07) is 16.8. The molecule has 3 N–H and O–H groups in total. The van der Waals surface area contributed by atoms with Crippen LogP contribution in [0.5, 0.6) is 0 Å². The van der Waals surface area contributed by atoms with Gasteiger partial charge in [0.25, 0.3) is 0 Å². The van der Waals surface area contributed by atoms with Crippen LogP contribution < -0.4 is 10.2 Å². The molecule has 1 aliphatic heterocycles. The molecule has 3 rings (SSSR count). The highest BCUT2D eigenvalue weighted by atomic mass is 16.4. The van der Waals surface area contributed by atoms with Crippen LogP contribution >= 0.6 is 0 Å². The van der Waals surface area contributed by atoms with Crippen LogP contribution in [-0.2, 0) is 9.59 Å². The summed E-state index contributed by atoms with van der Waals surface area (Å²) in [5, 5.41) is 21.9. The van der Waals surface area contributed by atoms with Gasteiger partial charge in [-0.1, -0.05) is 63.2 Å². The molecule has 1 amide bonds. The average molecular weight is 438 g/mol. The van der Waals surface area contributed by atoms with E-state index in [4.69, 9.17) is 0 Å². The lowest BCUT2D eigenvalue weighted by molar-refractivity contribution is -0.141. The third-order valence-corrected chi connectivity index (χ3v) is 5.68. The molecule has 2 aromatic rings. The third kappa shape index (κ3) is 5.68. The van der Waals surface area contributed by atoms with Crippen molar-refractivity contribution in [3.05, 3.63) is 67.0 Å². The predicted molar refractivity (Wildman–Crippen MR) is 125 cm³/mol. The smallest absolute Gasteiger partial charge is 0.305 e. The molecule has 0 fully saturated rings. The van der Waals surface area contributed by atoms with Crippen LogP contribution in [0.2, 0.25) is 0 Å². The van der Waals surface area contributed by atoms with Crippen LogP contribution in [0.3, 0.4) is 0 Å². The Morgan fingerprint density at radius 2 is 1.62 bits per heavy atom. The summed E-state index contributed by atoms with van der Waals surface area (Å²) in [5.41, 5.74) is 2.83. The van der Waals surface area contributed by atoms with Crippen LogP contribution in [0.25, 0.3) is 11.1 Å². The fourth-order valence-corrected chi connectivity index (χ4v) is 3.61. The number of rotatable bonds is 8. The molecule has 2 aromatic carbocycles. The van der Waals surface area contributed by atoms with Gasteiger partial charge in [0, 0.05) is 18.1 Å². The van der Waals surface area contributed by atoms with Crippen molar-refractivity contribution in [1.82, 2.24) is 10.2 Å². The number of carboxylic acid groups (broad SMARTS) is 1. The Labute approximate surface area is 189 Å². The van der Waals surface area contributed by atoms with Gasteiger partial charge in [-0.3, -0.25) is 9.59 Å². The van der Waals surface area contributed by atoms with Crippen molar-refractivity contribution in [3.8, 4) is 11.1 Å². The fourth-order valence-electron chi connectivity index (χ4n) is 3.61. The van der Waals surface area contributed by atoms with Gasteiger partial charge in [0.15, 0.2) is 0 Å². The number of hydrogen-bond acceptors (Lipinski definition) is 5. The van der Waals surface area contributed by atoms with Crippen LogP contribution in [0.15, 0.2) is 67.0 Å². The Kier molecular flexibility index (Phi) is 7.20. The Morgan fingerprint density at radius 3 is 2.19 bits per heavy atom. The van der Waals surface area contributed by atoms with E-state index in [1.54, 1.807) is 11.1 Å². The minimum Gasteiger partial charge on any atom is -0.481 e. The van der Waals surface area contributed by atoms with Crippen molar-refractivity contribution < 1.29 is 19.8 Å². The SMILES string of the molecule is CC(C)(C)C(CO)NC(=O)C(CC(=O)O)N1C=CN(c2ccc(-c3ccccc3)cc2)C1. The summed E-state index contributed by atoms with van der Waals surface area (Å²) in [6.07, 6.45) is 3.25. The number of benzene rings is 2. The van der Waals surface area contributed by atoms with Crippen molar-refractivity contribution in [3.63, 3.8) is 0 Å². The molecule has 32 heavy (non-hydrogen) atoms. The van der Waals surface area contributed by atoms with Gasteiger partial charge in [-0.15, -0.1) is 0 Å². The standard InChI is InChI=1S/C25H31N3O4/c1-25(2,3)22(16-29)26-24(32)21(15-23(30)31)28-14-13-27(17-28)20-11-9-19(10-12-20)18-7-5-4-6-8-18/h4-14,21-22,29H,15-17H2,1-3H3,(H,26,32)(H,30,31). The molecule has 7 heteroatoms. The molecule has 2 unspecified atom stereocenters. The highest BCUT2D eigenvalue weighted by Gasteiger charge is 2.33. The molecule has 0 saturated heterocycles. The molecule has 0 saturated carbocycles. The number of carboxylic acids is 1. The van der Waals surface area contributed by atoms with E-state index in [1.807, 2.05) is 74.3 Å². The van der Waals surface area contributed by atoms with Gasteiger partial charge in [-0.05, 0) is 28.7 Å². The second-order valence-corrected chi connectivity index (χ2v) is 9.06. The van der Waals surface area contributed by atoms with Gasteiger partial charge in [0.2, 0.25) is 5.91 Å². The van der Waals surface area contributed by atoms with Crippen molar-refractivity contribution in [2.75, 3.05) is 18.2 Å². The Morgan fingerprint density at radius 1 is 1.00 bits per heavy atom. The Hall–Kier alpha value is -3.32. The van der Waals surface area contributed by atoms with Crippen molar-refractivity contribution >= 4 is 17.6 Å². The van der Waals surface area contributed by atoms with E-state index in [-0.39, 0.29) is 18.4 Å². The molecule has 7 nitrogen and oxygen atoms in total. The van der Waals surface area contributed by atoms with Crippen LogP contribution in [-0.4, -0.2) is 52.3 Å². The summed E-state index contributed by atoms with van der Waals surface area (Å²) >= 11 is 0. The van der Waals surface area contributed by atoms with E-state index in [0.717, 1.165) is 16.8 Å². The average Bonchev–Trinajstić information content (AvgIpc) is 3.25. The molecule has 1 heterocycles. The molecule has 0 spiro atoms. The number of nitrogens with one attached hydrogen (secondary N) is 1. The summed E-state index contributed by atoms with van der Waals surface area (Å²) < 4.78 is 0. The maximum absolute atomic E-state index is 12.9. The number of amides is 1. The first-order valence-corrected chi connectivity index (χ1v) is 10.7. The lowest BCUT2D eigenvalue weighted by atomic mass is 9.87. The van der Waals surface area contributed by atoms with Crippen molar-refractivity contribution in [2.45, 2.75) is 39.3 Å². The molecule has 0 bridgehead atoms. The summed E-state index contributed by atoms with van der Waals surface area (Å²) in [5.74, 6) is -1.46. The van der Waals surface area contributed by atoms with E-state index >= 15 is 0 Å². The maximum Gasteiger partial charge on any atom is 0.305 e. The van der Waals surface area contributed by atoms with Gasteiger partial charge < -0.3 is 25.3 Å². The normalized spacial score (nSPS) is 15.5. The van der Waals surface area contributed by atoms with Gasteiger partial charge >= 0.3 is 5.97 Å². The van der Waals surface area contributed by atoms with E-state index in [9.17, 15) is 19.8 Å². The number of aliphatic hydroxyl groups excluding tert-OH is 1. The van der Waals surface area contributed by atoms with Crippen LogP contribution in [0, 0.1) is 5.41 Å². The van der Waals surface area contributed by atoms with E-state index in [2.05, 4.69) is 17.4 Å². The number of carbonyl (C=O) groups is 2. The third-order valence-electron chi connectivity index (χ3n) is 5.68. The van der Waals surface area contributed by atoms with Crippen LogP contribution in [0.1, 0.15) is 27.2 Å². The number of aliphatic carboxylic acids is 1. The number of anilines is 1. The predicted octanol–water partition coefficient (Wildman–Crippen LogP) is 3.27. The molecule has 0 aromatic heterocycles. The molecular formula is C25H31N3O4. The van der Waals surface area contributed by atoms with E-state index in [0.29, 0.717) is 6.67 Å². The molecule has 170 valence electrons.